The van der Waals surface area contributed by atoms with Gasteiger partial charge in [-0.15, -0.1) is 0 Å². The van der Waals surface area contributed by atoms with Crippen molar-refractivity contribution in [1.29, 1.82) is 0 Å². The highest BCUT2D eigenvalue weighted by Gasteiger charge is 2.24. The second-order valence-corrected chi connectivity index (χ2v) is 6.63. The smallest absolute Gasteiger partial charge is 0.142 e. The van der Waals surface area contributed by atoms with E-state index in [9.17, 15) is 0 Å². The molecule has 0 spiro atoms. The summed E-state index contributed by atoms with van der Waals surface area (Å²) in [7, 11) is 2.11. The van der Waals surface area contributed by atoms with Crippen molar-refractivity contribution >= 4 is 11.4 Å². The predicted molar refractivity (Wildman–Crippen MR) is 106 cm³/mol. The second kappa shape index (κ2) is 8.02. The average Bonchev–Trinajstić information content (AvgIpc) is 3.02. The fourth-order valence-corrected chi connectivity index (χ4v) is 3.23. The van der Waals surface area contributed by atoms with Crippen LogP contribution in [0.3, 0.4) is 0 Å². The Morgan fingerprint density at radius 1 is 1.08 bits per heavy atom. The average molecular weight is 333 g/mol. The summed E-state index contributed by atoms with van der Waals surface area (Å²) in [5.41, 5.74) is 8.31. The van der Waals surface area contributed by atoms with Crippen molar-refractivity contribution in [2.24, 2.45) is 5.10 Å². The van der Waals surface area contributed by atoms with Gasteiger partial charge in [-0.05, 0) is 35.1 Å². The van der Waals surface area contributed by atoms with Crippen LogP contribution in [0.5, 0.6) is 0 Å². The molecule has 0 radical (unpaired) electrons. The third-order valence-electron chi connectivity index (χ3n) is 4.78. The number of benzene rings is 2. The van der Waals surface area contributed by atoms with Gasteiger partial charge in [0.05, 0.1) is 0 Å². The zero-order chi connectivity index (χ0) is 17.6. The summed E-state index contributed by atoms with van der Waals surface area (Å²) >= 11 is 0. The van der Waals surface area contributed by atoms with Gasteiger partial charge >= 0.3 is 0 Å². The molecule has 1 unspecified atom stereocenters. The molecule has 0 saturated carbocycles. The van der Waals surface area contributed by atoms with Crippen molar-refractivity contribution in [2.75, 3.05) is 7.05 Å². The SMILES string of the molecule is C=C(CCC)c1ccc(CCC2=NNC(c3ccccc3)N2C)cc1. The quantitative estimate of drug-likeness (QED) is 0.774. The van der Waals surface area contributed by atoms with Crippen molar-refractivity contribution < 1.29 is 0 Å². The first-order chi connectivity index (χ1) is 12.2. The largest absolute Gasteiger partial charge is 0.336 e. The molecule has 0 fully saturated rings. The molecule has 3 rings (SSSR count). The number of rotatable bonds is 7. The topological polar surface area (TPSA) is 27.6 Å². The molecule has 3 nitrogen and oxygen atoms in total. The van der Waals surface area contributed by atoms with E-state index in [1.807, 2.05) is 6.07 Å². The van der Waals surface area contributed by atoms with E-state index in [4.69, 9.17) is 0 Å². The van der Waals surface area contributed by atoms with Gasteiger partial charge in [0.1, 0.15) is 12.0 Å². The standard InChI is InChI=1S/C22H27N3/c1-4-8-17(2)19-14-11-18(12-15-19)13-16-21-23-24-22(25(21)3)20-9-6-5-7-10-20/h5-7,9-12,14-15,22,24H,2,4,8,13,16H2,1,3H3. The summed E-state index contributed by atoms with van der Waals surface area (Å²) in [5, 5.41) is 4.54. The van der Waals surface area contributed by atoms with Gasteiger partial charge < -0.3 is 4.90 Å². The van der Waals surface area contributed by atoms with Crippen LogP contribution in [0.1, 0.15) is 49.0 Å². The number of nitrogens with one attached hydrogen (secondary N) is 1. The zero-order valence-electron chi connectivity index (χ0n) is 15.2. The van der Waals surface area contributed by atoms with Crippen LogP contribution < -0.4 is 5.43 Å². The molecule has 0 bridgehead atoms. The maximum Gasteiger partial charge on any atom is 0.142 e. The van der Waals surface area contributed by atoms with Crippen LogP contribution in [0.2, 0.25) is 0 Å². The van der Waals surface area contributed by atoms with Gasteiger partial charge in [-0.3, -0.25) is 5.43 Å². The van der Waals surface area contributed by atoms with Crippen LogP contribution in [0.15, 0.2) is 66.3 Å². The third-order valence-corrected chi connectivity index (χ3v) is 4.78. The highest BCUT2D eigenvalue weighted by Crippen LogP contribution is 2.23. The minimum atomic E-state index is 0.135. The molecule has 2 aromatic carbocycles. The number of hydrazone groups is 1. The Labute approximate surface area is 151 Å². The van der Waals surface area contributed by atoms with Gasteiger partial charge in [0.15, 0.2) is 0 Å². The fourth-order valence-electron chi connectivity index (χ4n) is 3.23. The minimum absolute atomic E-state index is 0.135. The zero-order valence-corrected chi connectivity index (χ0v) is 15.2. The highest BCUT2D eigenvalue weighted by atomic mass is 15.5. The van der Waals surface area contributed by atoms with Crippen LogP contribution in [0.25, 0.3) is 5.57 Å². The lowest BCUT2D eigenvalue weighted by molar-refractivity contribution is 0.355. The van der Waals surface area contributed by atoms with Crippen molar-refractivity contribution in [1.82, 2.24) is 10.3 Å². The van der Waals surface area contributed by atoms with Gasteiger partial charge in [-0.1, -0.05) is 74.5 Å². The summed E-state index contributed by atoms with van der Waals surface area (Å²) in [6.45, 7) is 6.36. The number of hydrogen-bond donors (Lipinski definition) is 1. The van der Waals surface area contributed by atoms with E-state index >= 15 is 0 Å². The van der Waals surface area contributed by atoms with Gasteiger partial charge in [0.2, 0.25) is 0 Å². The normalized spacial score (nSPS) is 16.5. The molecule has 1 aliphatic heterocycles. The Bertz CT molecular complexity index is 732. The summed E-state index contributed by atoms with van der Waals surface area (Å²) in [6.07, 6.45) is 4.26. The molecular formula is C22H27N3. The lowest BCUT2D eigenvalue weighted by atomic mass is 10.0. The van der Waals surface area contributed by atoms with Crippen LogP contribution in [0, 0.1) is 0 Å². The van der Waals surface area contributed by atoms with Crippen molar-refractivity contribution in [3.8, 4) is 0 Å². The molecule has 25 heavy (non-hydrogen) atoms. The van der Waals surface area contributed by atoms with E-state index in [0.717, 1.165) is 31.5 Å². The monoisotopic (exact) mass is 333 g/mol. The summed E-state index contributed by atoms with van der Waals surface area (Å²) in [5.74, 6) is 1.10. The Balaban J connectivity index is 1.56. The van der Waals surface area contributed by atoms with Crippen molar-refractivity contribution in [3.63, 3.8) is 0 Å². The molecule has 1 atom stereocenters. The van der Waals surface area contributed by atoms with E-state index in [1.165, 1.54) is 22.3 Å². The number of aryl methyl sites for hydroxylation is 1. The minimum Gasteiger partial charge on any atom is -0.336 e. The van der Waals surface area contributed by atoms with E-state index in [0.29, 0.717) is 0 Å². The van der Waals surface area contributed by atoms with Gasteiger partial charge in [-0.2, -0.15) is 5.10 Å². The Morgan fingerprint density at radius 3 is 2.48 bits per heavy atom. The molecular weight excluding hydrogens is 306 g/mol. The maximum atomic E-state index is 4.54. The molecule has 3 heteroatoms. The van der Waals surface area contributed by atoms with E-state index in [1.54, 1.807) is 0 Å². The predicted octanol–water partition coefficient (Wildman–Crippen LogP) is 4.98. The van der Waals surface area contributed by atoms with Gasteiger partial charge in [0, 0.05) is 13.5 Å². The first-order valence-corrected chi connectivity index (χ1v) is 9.06. The Morgan fingerprint density at radius 2 is 1.80 bits per heavy atom. The van der Waals surface area contributed by atoms with E-state index < -0.39 is 0 Å². The first kappa shape index (κ1) is 17.3. The second-order valence-electron chi connectivity index (χ2n) is 6.63. The molecule has 1 aliphatic rings. The van der Waals surface area contributed by atoms with Crippen molar-refractivity contribution in [2.45, 2.75) is 38.8 Å². The maximum absolute atomic E-state index is 4.54. The highest BCUT2D eigenvalue weighted by molar-refractivity contribution is 5.83. The number of allylic oxidation sites excluding steroid dienone is 1. The first-order valence-electron chi connectivity index (χ1n) is 9.06. The summed E-state index contributed by atoms with van der Waals surface area (Å²) < 4.78 is 0. The van der Waals surface area contributed by atoms with Crippen LogP contribution in [0.4, 0.5) is 0 Å². The lowest BCUT2D eigenvalue weighted by Crippen LogP contribution is -2.29. The molecule has 0 amide bonds. The van der Waals surface area contributed by atoms with Crippen molar-refractivity contribution in [3.05, 3.63) is 77.9 Å². The summed E-state index contributed by atoms with van der Waals surface area (Å²) in [6, 6.07) is 19.3. The van der Waals surface area contributed by atoms with Crippen LogP contribution in [-0.2, 0) is 6.42 Å². The number of hydrogen-bond acceptors (Lipinski definition) is 3. The van der Waals surface area contributed by atoms with Crippen LogP contribution in [-0.4, -0.2) is 17.8 Å². The van der Waals surface area contributed by atoms with E-state index in [-0.39, 0.29) is 6.17 Å². The molecule has 130 valence electrons. The molecule has 0 saturated heterocycles. The summed E-state index contributed by atoms with van der Waals surface area (Å²) in [4.78, 5) is 2.23. The van der Waals surface area contributed by atoms with Crippen LogP contribution >= 0.6 is 0 Å². The number of nitrogens with zero attached hydrogens (tertiary/aromatic N) is 2. The Hall–Kier alpha value is -2.55. The van der Waals surface area contributed by atoms with Gasteiger partial charge in [-0.25, -0.2) is 0 Å². The molecule has 2 aromatic rings. The van der Waals surface area contributed by atoms with E-state index in [2.05, 4.69) is 84.5 Å². The molecule has 0 aromatic heterocycles. The fraction of sp³-hybridized carbons (Fsp3) is 0.318. The lowest BCUT2D eigenvalue weighted by Gasteiger charge is -2.22. The Kier molecular flexibility index (Phi) is 5.54. The number of amidine groups is 1. The van der Waals surface area contributed by atoms with Gasteiger partial charge in [0.25, 0.3) is 0 Å². The molecule has 1 N–H and O–H groups in total. The molecule has 0 aliphatic carbocycles. The third kappa shape index (κ3) is 4.11. The molecule has 1 heterocycles.